The monoisotopic (exact) mass is 386 g/mol. The molecule has 2 rings (SSSR count). The van der Waals surface area contributed by atoms with Gasteiger partial charge in [-0.15, -0.1) is 0 Å². The minimum absolute atomic E-state index is 0.113. The van der Waals surface area contributed by atoms with Crippen molar-refractivity contribution >= 4 is 11.8 Å². The number of nitrogens with zero attached hydrogens (tertiary/aromatic N) is 3. The number of likely N-dealkylation sites (tertiary alicyclic amines) is 1. The van der Waals surface area contributed by atoms with Crippen LogP contribution >= 0.6 is 0 Å². The van der Waals surface area contributed by atoms with Crippen LogP contribution in [0, 0.1) is 28.5 Å². The van der Waals surface area contributed by atoms with Crippen molar-refractivity contribution in [1.29, 1.82) is 10.5 Å². The van der Waals surface area contributed by atoms with Crippen molar-refractivity contribution < 1.29 is 18.7 Å². The van der Waals surface area contributed by atoms with Gasteiger partial charge in [0.1, 0.15) is 29.4 Å². The van der Waals surface area contributed by atoms with E-state index in [9.17, 15) is 9.18 Å². The number of rotatable bonds is 4. The Balaban J connectivity index is 1.90. The van der Waals surface area contributed by atoms with Gasteiger partial charge in [0.05, 0.1) is 0 Å². The van der Waals surface area contributed by atoms with Gasteiger partial charge in [0, 0.05) is 43.9 Å². The summed E-state index contributed by atoms with van der Waals surface area (Å²) in [5.74, 6) is -0.436. The Morgan fingerprint density at radius 2 is 1.93 bits per heavy atom. The van der Waals surface area contributed by atoms with Gasteiger partial charge >= 0.3 is 6.09 Å². The van der Waals surface area contributed by atoms with E-state index in [2.05, 4.69) is 5.32 Å². The van der Waals surface area contributed by atoms with Gasteiger partial charge in [-0.3, -0.25) is 0 Å². The number of anilines is 1. The van der Waals surface area contributed by atoms with Gasteiger partial charge in [-0.25, -0.2) is 9.18 Å². The highest BCUT2D eigenvalue weighted by Crippen LogP contribution is 2.25. The molecule has 0 saturated carbocycles. The third-order valence-electron chi connectivity index (χ3n) is 3.94. The van der Waals surface area contributed by atoms with E-state index in [-0.39, 0.29) is 23.5 Å². The number of carbonyl (C=O) groups excluding carboxylic acids is 1. The van der Waals surface area contributed by atoms with Gasteiger partial charge in [-0.05, 0) is 32.9 Å². The number of ether oxygens (including phenoxy) is 2. The maximum Gasteiger partial charge on any atom is 0.410 e. The number of piperidine rings is 1. The first-order valence-corrected chi connectivity index (χ1v) is 8.93. The van der Waals surface area contributed by atoms with Gasteiger partial charge in [0.2, 0.25) is 0 Å². The number of hydrogen-bond donors (Lipinski definition) is 1. The Bertz CT molecular complexity index is 809. The molecule has 0 aliphatic carbocycles. The molecule has 1 fully saturated rings. The molecule has 8 heteroatoms. The topological polar surface area (TPSA) is 98.4 Å². The second-order valence-corrected chi connectivity index (χ2v) is 7.36. The lowest BCUT2D eigenvalue weighted by Gasteiger charge is -2.33. The van der Waals surface area contributed by atoms with E-state index in [4.69, 9.17) is 20.0 Å². The fourth-order valence-electron chi connectivity index (χ4n) is 2.59. The Morgan fingerprint density at radius 1 is 1.29 bits per heavy atom. The van der Waals surface area contributed by atoms with E-state index < -0.39 is 11.4 Å². The fraction of sp³-hybridized carbons (Fsp3) is 0.450. The van der Waals surface area contributed by atoms with E-state index in [1.54, 1.807) is 23.1 Å². The molecular formula is C20H23FN4O3. The predicted molar refractivity (Wildman–Crippen MR) is 101 cm³/mol. The number of nitrogens with one attached hydrogen (secondary N) is 1. The molecule has 0 spiro atoms. The van der Waals surface area contributed by atoms with Gasteiger partial charge < -0.3 is 19.7 Å². The summed E-state index contributed by atoms with van der Waals surface area (Å²) in [4.78, 5) is 13.7. The zero-order valence-electron chi connectivity index (χ0n) is 16.2. The second-order valence-electron chi connectivity index (χ2n) is 7.36. The molecule has 1 saturated heterocycles. The van der Waals surface area contributed by atoms with Crippen LogP contribution < -0.4 is 10.1 Å². The highest BCUT2D eigenvalue weighted by molar-refractivity contribution is 5.68. The van der Waals surface area contributed by atoms with Crippen molar-refractivity contribution in [1.82, 2.24) is 4.90 Å². The molecule has 0 atom stereocenters. The number of carbonyl (C=O) groups is 1. The van der Waals surface area contributed by atoms with Crippen LogP contribution in [-0.4, -0.2) is 35.8 Å². The van der Waals surface area contributed by atoms with Crippen LogP contribution in [-0.2, 0) is 4.74 Å². The lowest BCUT2D eigenvalue weighted by Crippen LogP contribution is -2.44. The van der Waals surface area contributed by atoms with Crippen LogP contribution in [0.15, 0.2) is 30.0 Å². The molecule has 7 nitrogen and oxygen atoms in total. The summed E-state index contributed by atoms with van der Waals surface area (Å²) in [7, 11) is 0. The van der Waals surface area contributed by atoms with Gasteiger partial charge in [-0.1, -0.05) is 0 Å². The molecule has 1 aliphatic heterocycles. The van der Waals surface area contributed by atoms with Gasteiger partial charge in [0.15, 0.2) is 11.6 Å². The largest absolute Gasteiger partial charge is 0.487 e. The van der Waals surface area contributed by atoms with Crippen molar-refractivity contribution in [2.75, 3.05) is 18.4 Å². The second kappa shape index (κ2) is 9.09. The van der Waals surface area contributed by atoms with Crippen LogP contribution in [0.25, 0.3) is 0 Å². The fourth-order valence-corrected chi connectivity index (χ4v) is 2.59. The van der Waals surface area contributed by atoms with E-state index >= 15 is 0 Å². The first-order valence-electron chi connectivity index (χ1n) is 8.93. The molecule has 0 bridgehead atoms. The molecule has 1 aromatic carbocycles. The number of hydrogen-bond acceptors (Lipinski definition) is 6. The quantitative estimate of drug-likeness (QED) is 0.787. The summed E-state index contributed by atoms with van der Waals surface area (Å²) in [6, 6.07) is 7.73. The number of amides is 1. The Hall–Kier alpha value is -3.26. The summed E-state index contributed by atoms with van der Waals surface area (Å²) >= 11 is 0. The molecule has 1 aliphatic rings. The molecule has 1 N–H and O–H groups in total. The Labute approximate surface area is 163 Å². The lowest BCUT2D eigenvalue weighted by atomic mass is 10.1. The molecule has 1 heterocycles. The minimum Gasteiger partial charge on any atom is -0.487 e. The van der Waals surface area contributed by atoms with Crippen molar-refractivity contribution in [3.05, 3.63) is 35.8 Å². The maximum absolute atomic E-state index is 14.3. The van der Waals surface area contributed by atoms with Gasteiger partial charge in [0.25, 0.3) is 0 Å². The number of halogens is 1. The Morgan fingerprint density at radius 3 is 2.46 bits per heavy atom. The van der Waals surface area contributed by atoms with E-state index in [1.165, 1.54) is 18.3 Å². The standard InChI is InChI=1S/C20H23FN4O3/c1-20(2,3)28-19(26)25-8-6-16(7-9-25)27-18-5-4-15(10-17(18)21)24-13-14(11-22)12-23/h4-5,10,13,16,24H,6-9H2,1-3H3. The van der Waals surface area contributed by atoms with E-state index in [0.717, 1.165) is 0 Å². The molecule has 1 amide bonds. The average molecular weight is 386 g/mol. The first kappa shape index (κ1) is 21.0. The van der Waals surface area contributed by atoms with E-state index in [1.807, 2.05) is 20.8 Å². The molecule has 28 heavy (non-hydrogen) atoms. The van der Waals surface area contributed by atoms with Crippen molar-refractivity contribution in [2.45, 2.75) is 45.3 Å². The van der Waals surface area contributed by atoms with Gasteiger partial charge in [-0.2, -0.15) is 10.5 Å². The van der Waals surface area contributed by atoms with Crippen LogP contribution in [0.1, 0.15) is 33.6 Å². The molecule has 0 aromatic heterocycles. The summed E-state index contributed by atoms with van der Waals surface area (Å²) < 4.78 is 25.4. The van der Waals surface area contributed by atoms with Crippen LogP contribution in [0.5, 0.6) is 5.75 Å². The maximum atomic E-state index is 14.3. The lowest BCUT2D eigenvalue weighted by molar-refractivity contribution is 0.0123. The van der Waals surface area contributed by atoms with E-state index in [0.29, 0.717) is 31.6 Å². The number of allylic oxidation sites excluding steroid dienone is 1. The zero-order valence-corrected chi connectivity index (χ0v) is 16.2. The van der Waals surface area contributed by atoms with Crippen LogP contribution in [0.3, 0.4) is 0 Å². The molecule has 1 aromatic rings. The normalized spacial score (nSPS) is 14.4. The zero-order chi connectivity index (χ0) is 20.7. The molecule has 0 unspecified atom stereocenters. The number of benzene rings is 1. The SMILES string of the molecule is CC(C)(C)OC(=O)N1CCC(Oc2ccc(NC=C(C#N)C#N)cc2F)CC1. The summed E-state index contributed by atoms with van der Waals surface area (Å²) in [5.41, 5.74) is -0.259. The molecular weight excluding hydrogens is 363 g/mol. The molecule has 0 radical (unpaired) electrons. The van der Waals surface area contributed by atoms with Crippen molar-refractivity contribution in [3.63, 3.8) is 0 Å². The third kappa shape index (κ3) is 6.17. The first-order chi connectivity index (χ1) is 13.2. The summed E-state index contributed by atoms with van der Waals surface area (Å²) in [5, 5.41) is 20.1. The van der Waals surface area contributed by atoms with Crippen molar-refractivity contribution in [3.8, 4) is 17.9 Å². The summed E-state index contributed by atoms with van der Waals surface area (Å²) in [6.07, 6.45) is 1.82. The smallest absolute Gasteiger partial charge is 0.410 e. The Kier molecular flexibility index (Phi) is 6.84. The predicted octanol–water partition coefficient (Wildman–Crippen LogP) is 3.95. The summed E-state index contributed by atoms with van der Waals surface area (Å²) in [6.45, 7) is 6.42. The van der Waals surface area contributed by atoms with Crippen LogP contribution in [0.2, 0.25) is 0 Å². The third-order valence-corrected chi connectivity index (χ3v) is 3.94. The molecule has 148 valence electrons. The van der Waals surface area contributed by atoms with Crippen LogP contribution in [0.4, 0.5) is 14.9 Å². The number of nitriles is 2. The minimum atomic E-state index is -0.552. The highest BCUT2D eigenvalue weighted by atomic mass is 19.1. The highest BCUT2D eigenvalue weighted by Gasteiger charge is 2.28. The van der Waals surface area contributed by atoms with Crippen molar-refractivity contribution in [2.24, 2.45) is 0 Å². The average Bonchev–Trinajstić information content (AvgIpc) is 2.64.